The van der Waals surface area contributed by atoms with E-state index in [4.69, 9.17) is 0 Å². The lowest BCUT2D eigenvalue weighted by atomic mass is 10.1. The standard InChI is InChI=1S/C18H23N3O2S/c1-13-10-14(2)18(15(3)11-13)24(22,23)20-17-7-6-16(12-19-17)21-8-4-5-9-21/h6-7,10-12H,4-5,8-9H2,1-3H3,(H,19,20). The number of rotatable bonds is 4. The first kappa shape index (κ1) is 16.8. The van der Waals surface area contributed by atoms with Gasteiger partial charge in [-0.2, -0.15) is 0 Å². The van der Waals surface area contributed by atoms with Gasteiger partial charge in [-0.1, -0.05) is 17.7 Å². The predicted molar refractivity (Wildman–Crippen MR) is 97.1 cm³/mol. The summed E-state index contributed by atoms with van der Waals surface area (Å²) < 4.78 is 28.1. The highest BCUT2D eigenvalue weighted by Gasteiger charge is 2.21. The Labute approximate surface area is 143 Å². The molecule has 0 spiro atoms. The average Bonchev–Trinajstić information content (AvgIpc) is 3.00. The number of pyridine rings is 1. The molecule has 1 fully saturated rings. The quantitative estimate of drug-likeness (QED) is 0.922. The molecule has 0 saturated carbocycles. The Kier molecular flexibility index (Phi) is 4.49. The van der Waals surface area contributed by atoms with E-state index in [9.17, 15) is 8.42 Å². The zero-order valence-electron chi connectivity index (χ0n) is 14.3. The molecule has 2 heterocycles. The number of benzene rings is 1. The number of hydrogen-bond acceptors (Lipinski definition) is 4. The van der Waals surface area contributed by atoms with Crippen molar-refractivity contribution in [3.8, 4) is 0 Å². The third-order valence-electron chi connectivity index (χ3n) is 4.33. The molecule has 0 aliphatic carbocycles. The van der Waals surface area contributed by atoms with Gasteiger partial charge >= 0.3 is 0 Å². The zero-order chi connectivity index (χ0) is 17.3. The van der Waals surface area contributed by atoms with Gasteiger partial charge in [-0.15, -0.1) is 0 Å². The highest BCUT2D eigenvalue weighted by Crippen LogP contribution is 2.25. The van der Waals surface area contributed by atoms with E-state index >= 15 is 0 Å². The number of aryl methyl sites for hydroxylation is 3. The molecular weight excluding hydrogens is 322 g/mol. The lowest BCUT2D eigenvalue weighted by molar-refractivity contribution is 0.600. The number of anilines is 2. The summed E-state index contributed by atoms with van der Waals surface area (Å²) in [4.78, 5) is 6.87. The fourth-order valence-corrected chi connectivity index (χ4v) is 4.85. The van der Waals surface area contributed by atoms with E-state index in [2.05, 4.69) is 14.6 Å². The lowest BCUT2D eigenvalue weighted by Crippen LogP contribution is -2.19. The van der Waals surface area contributed by atoms with Crippen molar-refractivity contribution >= 4 is 21.5 Å². The van der Waals surface area contributed by atoms with Crippen LogP contribution in [0, 0.1) is 20.8 Å². The van der Waals surface area contributed by atoms with E-state index in [1.807, 2.05) is 39.0 Å². The van der Waals surface area contributed by atoms with Crippen molar-refractivity contribution in [3.63, 3.8) is 0 Å². The average molecular weight is 345 g/mol. The molecule has 1 N–H and O–H groups in total. The van der Waals surface area contributed by atoms with Crippen LogP contribution in [0.15, 0.2) is 35.4 Å². The summed E-state index contributed by atoms with van der Waals surface area (Å²) in [6.07, 6.45) is 4.12. The van der Waals surface area contributed by atoms with Crippen LogP contribution in [0.4, 0.5) is 11.5 Å². The van der Waals surface area contributed by atoms with Crippen molar-refractivity contribution in [2.24, 2.45) is 0 Å². The van der Waals surface area contributed by atoms with Crippen molar-refractivity contribution in [1.29, 1.82) is 0 Å². The van der Waals surface area contributed by atoms with Gasteiger partial charge in [0.25, 0.3) is 10.0 Å². The molecule has 6 heteroatoms. The maximum atomic E-state index is 12.7. The molecule has 0 amide bonds. The molecule has 1 aliphatic rings. The van der Waals surface area contributed by atoms with Crippen LogP contribution in [-0.4, -0.2) is 26.5 Å². The minimum absolute atomic E-state index is 0.332. The molecule has 1 aromatic heterocycles. The SMILES string of the molecule is Cc1cc(C)c(S(=O)(=O)Nc2ccc(N3CCCC3)cn2)c(C)c1. The summed E-state index contributed by atoms with van der Waals surface area (Å²) in [6, 6.07) is 7.41. The Bertz CT molecular complexity index is 816. The highest BCUT2D eigenvalue weighted by molar-refractivity contribution is 7.92. The number of sulfonamides is 1. The highest BCUT2D eigenvalue weighted by atomic mass is 32.2. The fraction of sp³-hybridized carbons (Fsp3) is 0.389. The summed E-state index contributed by atoms with van der Waals surface area (Å²) in [5.41, 5.74) is 3.58. The smallest absolute Gasteiger partial charge is 0.263 e. The molecule has 0 atom stereocenters. The second kappa shape index (κ2) is 6.43. The molecule has 1 saturated heterocycles. The number of hydrogen-bond donors (Lipinski definition) is 1. The van der Waals surface area contributed by atoms with Crippen LogP contribution >= 0.6 is 0 Å². The van der Waals surface area contributed by atoms with E-state index in [1.165, 1.54) is 12.8 Å². The zero-order valence-corrected chi connectivity index (χ0v) is 15.2. The molecule has 2 aromatic rings. The van der Waals surface area contributed by atoms with Crippen LogP contribution in [0.1, 0.15) is 29.5 Å². The van der Waals surface area contributed by atoms with Crippen LogP contribution < -0.4 is 9.62 Å². The van der Waals surface area contributed by atoms with Gasteiger partial charge < -0.3 is 4.90 Å². The van der Waals surface area contributed by atoms with Crippen LogP contribution in [0.2, 0.25) is 0 Å². The van der Waals surface area contributed by atoms with Gasteiger partial charge in [-0.05, 0) is 56.9 Å². The minimum atomic E-state index is -3.65. The van der Waals surface area contributed by atoms with Gasteiger partial charge in [-0.3, -0.25) is 4.72 Å². The van der Waals surface area contributed by atoms with Gasteiger partial charge in [0.1, 0.15) is 5.82 Å². The van der Waals surface area contributed by atoms with E-state index < -0.39 is 10.0 Å². The molecular formula is C18H23N3O2S. The van der Waals surface area contributed by atoms with E-state index in [0.29, 0.717) is 10.7 Å². The molecule has 3 rings (SSSR count). The Hall–Kier alpha value is -2.08. The summed E-state index contributed by atoms with van der Waals surface area (Å²) in [6.45, 7) is 7.67. The van der Waals surface area contributed by atoms with Crippen molar-refractivity contribution in [3.05, 3.63) is 47.2 Å². The first-order valence-corrected chi connectivity index (χ1v) is 9.67. The number of nitrogens with one attached hydrogen (secondary N) is 1. The normalized spacial score (nSPS) is 14.9. The lowest BCUT2D eigenvalue weighted by Gasteiger charge is -2.17. The van der Waals surface area contributed by atoms with Crippen LogP contribution in [0.25, 0.3) is 0 Å². The number of nitrogens with zero attached hydrogens (tertiary/aromatic N) is 2. The van der Waals surface area contributed by atoms with Crippen LogP contribution in [-0.2, 0) is 10.0 Å². The summed E-state index contributed by atoms with van der Waals surface area (Å²) in [7, 11) is -3.65. The van der Waals surface area contributed by atoms with Gasteiger partial charge in [-0.25, -0.2) is 13.4 Å². The summed E-state index contributed by atoms with van der Waals surface area (Å²) in [5, 5.41) is 0. The minimum Gasteiger partial charge on any atom is -0.370 e. The third-order valence-corrected chi connectivity index (χ3v) is 5.99. The molecule has 1 aliphatic heterocycles. The fourth-order valence-electron chi connectivity index (χ4n) is 3.39. The van der Waals surface area contributed by atoms with Gasteiger partial charge in [0.2, 0.25) is 0 Å². The van der Waals surface area contributed by atoms with Crippen molar-refractivity contribution in [1.82, 2.24) is 4.98 Å². The number of aromatic nitrogens is 1. The Balaban J connectivity index is 1.84. The van der Waals surface area contributed by atoms with Crippen LogP contribution in [0.3, 0.4) is 0 Å². The van der Waals surface area contributed by atoms with E-state index in [0.717, 1.165) is 35.5 Å². The summed E-state index contributed by atoms with van der Waals surface area (Å²) >= 11 is 0. The van der Waals surface area contributed by atoms with Crippen molar-refractivity contribution in [2.45, 2.75) is 38.5 Å². The van der Waals surface area contributed by atoms with Gasteiger partial charge in [0, 0.05) is 13.1 Å². The molecule has 0 bridgehead atoms. The first-order valence-electron chi connectivity index (χ1n) is 8.18. The molecule has 0 radical (unpaired) electrons. The molecule has 5 nitrogen and oxygen atoms in total. The first-order chi connectivity index (χ1) is 11.4. The maximum absolute atomic E-state index is 12.7. The second-order valence-corrected chi connectivity index (χ2v) is 8.05. The van der Waals surface area contributed by atoms with Gasteiger partial charge in [0.15, 0.2) is 0 Å². The predicted octanol–water partition coefficient (Wildman–Crippen LogP) is 3.41. The molecule has 0 unspecified atom stereocenters. The Morgan fingerprint density at radius 2 is 1.67 bits per heavy atom. The molecule has 128 valence electrons. The summed E-state index contributed by atoms with van der Waals surface area (Å²) in [5.74, 6) is 0.345. The van der Waals surface area contributed by atoms with Crippen molar-refractivity contribution in [2.75, 3.05) is 22.7 Å². The third kappa shape index (κ3) is 3.38. The Morgan fingerprint density at radius 1 is 1.04 bits per heavy atom. The van der Waals surface area contributed by atoms with E-state index in [1.54, 1.807) is 12.3 Å². The topological polar surface area (TPSA) is 62.3 Å². The van der Waals surface area contributed by atoms with Crippen molar-refractivity contribution < 1.29 is 8.42 Å². The Morgan fingerprint density at radius 3 is 2.21 bits per heavy atom. The monoisotopic (exact) mass is 345 g/mol. The maximum Gasteiger partial charge on any atom is 0.263 e. The van der Waals surface area contributed by atoms with Gasteiger partial charge in [0.05, 0.1) is 16.8 Å². The molecule has 1 aromatic carbocycles. The largest absolute Gasteiger partial charge is 0.370 e. The molecule has 24 heavy (non-hydrogen) atoms. The van der Waals surface area contributed by atoms with Crippen LogP contribution in [0.5, 0.6) is 0 Å². The second-order valence-electron chi connectivity index (χ2n) is 6.43. The van der Waals surface area contributed by atoms with E-state index in [-0.39, 0.29) is 0 Å².